The molecular formula is C19H19ClN2O4. The topological polar surface area (TPSA) is 76.7 Å². The molecule has 0 fully saturated rings. The van der Waals surface area contributed by atoms with Gasteiger partial charge in [-0.3, -0.25) is 9.59 Å². The van der Waals surface area contributed by atoms with Gasteiger partial charge in [-0.05, 0) is 37.1 Å². The quantitative estimate of drug-likeness (QED) is 0.862. The highest BCUT2D eigenvalue weighted by atomic mass is 35.5. The average Bonchev–Trinajstić information content (AvgIpc) is 2.62. The molecule has 0 aromatic heterocycles. The van der Waals surface area contributed by atoms with Crippen LogP contribution in [0.2, 0.25) is 5.02 Å². The predicted molar refractivity (Wildman–Crippen MR) is 99.3 cm³/mol. The van der Waals surface area contributed by atoms with Crippen LogP contribution in [0.25, 0.3) is 0 Å². The van der Waals surface area contributed by atoms with Crippen molar-refractivity contribution in [3.63, 3.8) is 0 Å². The molecule has 0 aliphatic carbocycles. The van der Waals surface area contributed by atoms with Crippen LogP contribution in [0.4, 0.5) is 5.69 Å². The summed E-state index contributed by atoms with van der Waals surface area (Å²) < 4.78 is 10.9. The molecule has 0 radical (unpaired) electrons. The number of carbonyl (C=O) groups excluding carboxylic acids is 2. The number of benzene rings is 2. The molecule has 0 spiro atoms. The van der Waals surface area contributed by atoms with E-state index in [1.807, 2.05) is 19.9 Å². The lowest BCUT2D eigenvalue weighted by Crippen LogP contribution is -2.33. The highest BCUT2D eigenvalue weighted by Gasteiger charge is 2.17. The van der Waals surface area contributed by atoms with Gasteiger partial charge in [0.05, 0.1) is 17.3 Å². The second-order valence-electron chi connectivity index (χ2n) is 6.01. The lowest BCUT2D eigenvalue weighted by molar-refractivity contribution is -0.115. The van der Waals surface area contributed by atoms with Crippen LogP contribution < -0.4 is 20.1 Å². The monoisotopic (exact) mass is 374 g/mol. The van der Waals surface area contributed by atoms with Crippen LogP contribution in [0.3, 0.4) is 0 Å². The lowest BCUT2D eigenvalue weighted by Gasteiger charge is -2.20. The van der Waals surface area contributed by atoms with Crippen molar-refractivity contribution in [1.82, 2.24) is 5.32 Å². The van der Waals surface area contributed by atoms with Crippen LogP contribution >= 0.6 is 11.6 Å². The minimum Gasteiger partial charge on any atom is -0.486 e. The third-order valence-corrected chi connectivity index (χ3v) is 4.40. The Kier molecular flexibility index (Phi) is 5.32. The number of halogens is 1. The minimum atomic E-state index is -0.388. The van der Waals surface area contributed by atoms with Gasteiger partial charge in [0.25, 0.3) is 5.91 Å². The van der Waals surface area contributed by atoms with Crippen molar-refractivity contribution in [2.75, 3.05) is 25.1 Å². The number of nitrogens with one attached hydrogen (secondary N) is 2. The number of amides is 2. The van der Waals surface area contributed by atoms with E-state index in [-0.39, 0.29) is 18.4 Å². The van der Waals surface area contributed by atoms with Crippen molar-refractivity contribution >= 4 is 29.1 Å². The van der Waals surface area contributed by atoms with E-state index in [0.29, 0.717) is 41.0 Å². The molecule has 1 aliphatic heterocycles. The van der Waals surface area contributed by atoms with Crippen LogP contribution in [0.15, 0.2) is 30.3 Å². The summed E-state index contributed by atoms with van der Waals surface area (Å²) in [6.07, 6.45) is 0. The number of carbonyl (C=O) groups is 2. The molecule has 2 amide bonds. The molecule has 2 N–H and O–H groups in total. The number of hydrogen-bond donors (Lipinski definition) is 2. The minimum absolute atomic E-state index is 0.170. The zero-order valence-corrected chi connectivity index (χ0v) is 15.3. The first-order valence-electron chi connectivity index (χ1n) is 8.18. The van der Waals surface area contributed by atoms with Crippen LogP contribution in [-0.2, 0) is 4.79 Å². The SMILES string of the molecule is Cc1ccc(C(=O)NCC(=O)Nc2cc3c(cc2Cl)OCCO3)cc1C. The summed E-state index contributed by atoms with van der Waals surface area (Å²) >= 11 is 6.16. The van der Waals surface area contributed by atoms with Crippen molar-refractivity contribution < 1.29 is 19.1 Å². The predicted octanol–water partition coefficient (Wildman–Crippen LogP) is 3.10. The van der Waals surface area contributed by atoms with E-state index in [1.54, 1.807) is 24.3 Å². The Morgan fingerprint density at radius 2 is 1.73 bits per heavy atom. The summed E-state index contributed by atoms with van der Waals surface area (Å²) in [6.45, 7) is 4.63. The molecule has 3 rings (SSSR count). The van der Waals surface area contributed by atoms with E-state index in [0.717, 1.165) is 11.1 Å². The molecular weight excluding hydrogens is 356 g/mol. The van der Waals surface area contributed by atoms with Gasteiger partial charge < -0.3 is 20.1 Å². The van der Waals surface area contributed by atoms with Crippen LogP contribution in [0.1, 0.15) is 21.5 Å². The van der Waals surface area contributed by atoms with Crippen LogP contribution in [0.5, 0.6) is 11.5 Å². The van der Waals surface area contributed by atoms with Gasteiger partial charge in [-0.25, -0.2) is 0 Å². The molecule has 0 saturated heterocycles. The van der Waals surface area contributed by atoms with Crippen LogP contribution in [0, 0.1) is 13.8 Å². The standard InChI is InChI=1S/C19H19ClN2O4/c1-11-3-4-13(7-12(11)2)19(24)21-10-18(23)22-15-9-17-16(8-14(15)20)25-5-6-26-17/h3-4,7-9H,5-6,10H2,1-2H3,(H,21,24)(H,22,23). The molecule has 2 aromatic rings. The van der Waals surface area contributed by atoms with E-state index in [4.69, 9.17) is 21.1 Å². The number of ether oxygens (including phenoxy) is 2. The van der Waals surface area contributed by atoms with Gasteiger partial charge in [0.15, 0.2) is 11.5 Å². The Morgan fingerprint density at radius 3 is 2.42 bits per heavy atom. The van der Waals surface area contributed by atoms with Crippen molar-refractivity contribution in [3.05, 3.63) is 52.0 Å². The Bertz CT molecular complexity index is 867. The maximum atomic E-state index is 12.2. The van der Waals surface area contributed by atoms with Gasteiger partial charge in [0.1, 0.15) is 13.2 Å². The first-order valence-corrected chi connectivity index (χ1v) is 8.56. The molecule has 1 heterocycles. The number of aryl methyl sites for hydroxylation is 2. The fourth-order valence-electron chi connectivity index (χ4n) is 2.50. The van der Waals surface area contributed by atoms with Crippen molar-refractivity contribution in [2.24, 2.45) is 0 Å². The summed E-state index contributed by atoms with van der Waals surface area (Å²) in [5.41, 5.74) is 3.04. The summed E-state index contributed by atoms with van der Waals surface area (Å²) in [5.74, 6) is 0.370. The number of anilines is 1. The van der Waals surface area contributed by atoms with E-state index in [9.17, 15) is 9.59 Å². The average molecular weight is 375 g/mol. The highest BCUT2D eigenvalue weighted by molar-refractivity contribution is 6.34. The third kappa shape index (κ3) is 4.08. The fourth-order valence-corrected chi connectivity index (χ4v) is 2.70. The second-order valence-corrected chi connectivity index (χ2v) is 6.41. The third-order valence-electron chi connectivity index (χ3n) is 4.08. The van der Waals surface area contributed by atoms with Crippen molar-refractivity contribution in [3.8, 4) is 11.5 Å². The molecule has 26 heavy (non-hydrogen) atoms. The number of hydrogen-bond acceptors (Lipinski definition) is 4. The van der Waals surface area contributed by atoms with Gasteiger partial charge in [-0.15, -0.1) is 0 Å². The molecule has 0 unspecified atom stereocenters. The van der Waals surface area contributed by atoms with E-state index >= 15 is 0 Å². The van der Waals surface area contributed by atoms with Crippen LogP contribution in [-0.4, -0.2) is 31.6 Å². The highest BCUT2D eigenvalue weighted by Crippen LogP contribution is 2.37. The maximum Gasteiger partial charge on any atom is 0.251 e. The van der Waals surface area contributed by atoms with Gasteiger partial charge >= 0.3 is 0 Å². The van der Waals surface area contributed by atoms with Gasteiger partial charge in [-0.1, -0.05) is 17.7 Å². The number of fused-ring (bicyclic) bond motifs is 1. The normalized spacial score (nSPS) is 12.4. The first kappa shape index (κ1) is 18.1. The van der Waals surface area contributed by atoms with Gasteiger partial charge in [0, 0.05) is 17.7 Å². The molecule has 1 aliphatic rings. The lowest BCUT2D eigenvalue weighted by atomic mass is 10.1. The summed E-state index contributed by atoms with van der Waals surface area (Å²) in [5, 5.41) is 5.60. The Balaban J connectivity index is 1.60. The smallest absolute Gasteiger partial charge is 0.251 e. The summed E-state index contributed by atoms with van der Waals surface area (Å²) in [7, 11) is 0. The van der Waals surface area contributed by atoms with Gasteiger partial charge in [-0.2, -0.15) is 0 Å². The van der Waals surface area contributed by atoms with E-state index < -0.39 is 0 Å². The zero-order chi connectivity index (χ0) is 18.7. The van der Waals surface area contributed by atoms with E-state index in [1.165, 1.54) is 0 Å². The zero-order valence-electron chi connectivity index (χ0n) is 14.5. The molecule has 7 heteroatoms. The van der Waals surface area contributed by atoms with Crippen molar-refractivity contribution in [2.45, 2.75) is 13.8 Å². The molecule has 136 valence electrons. The maximum absolute atomic E-state index is 12.2. The number of rotatable bonds is 4. The Morgan fingerprint density at radius 1 is 1.04 bits per heavy atom. The second kappa shape index (κ2) is 7.66. The summed E-state index contributed by atoms with van der Waals surface area (Å²) in [6, 6.07) is 8.60. The summed E-state index contributed by atoms with van der Waals surface area (Å²) in [4.78, 5) is 24.3. The molecule has 0 bridgehead atoms. The first-order chi connectivity index (χ1) is 12.4. The Labute approximate surface area is 156 Å². The van der Waals surface area contributed by atoms with E-state index in [2.05, 4.69) is 10.6 Å². The molecule has 0 atom stereocenters. The fraction of sp³-hybridized carbons (Fsp3) is 0.263. The van der Waals surface area contributed by atoms with Gasteiger partial charge in [0.2, 0.25) is 5.91 Å². The molecule has 0 saturated carbocycles. The largest absolute Gasteiger partial charge is 0.486 e. The molecule has 2 aromatic carbocycles. The van der Waals surface area contributed by atoms with Crippen molar-refractivity contribution in [1.29, 1.82) is 0 Å². The molecule has 6 nitrogen and oxygen atoms in total. The Hall–Kier alpha value is -2.73.